The van der Waals surface area contributed by atoms with E-state index in [2.05, 4.69) is 21.4 Å². The number of nitrogens with zero attached hydrogens (tertiary/aromatic N) is 3. The van der Waals surface area contributed by atoms with Crippen LogP contribution in [0.1, 0.15) is 12.8 Å². The van der Waals surface area contributed by atoms with Crippen molar-refractivity contribution >= 4 is 11.6 Å². The van der Waals surface area contributed by atoms with Gasteiger partial charge in [0, 0.05) is 37.1 Å². The number of hydrogen-bond acceptors (Lipinski definition) is 4. The molecule has 3 heterocycles. The molecular weight excluding hydrogens is 316 g/mol. The second-order valence-corrected chi connectivity index (χ2v) is 6.56. The standard InChI is InChI=1S/C19H20N4O2/c1-2-18(24)22-11-15(12-22)23(14-6-7-14)17-9-13(10-21-19(17)25)16-5-3-4-8-20-16/h2-5,8-10,14-15H,1,6-7,11-12H2,(H,21,25). The molecule has 1 aliphatic carbocycles. The molecule has 1 saturated carbocycles. The predicted molar refractivity (Wildman–Crippen MR) is 96.4 cm³/mol. The van der Waals surface area contributed by atoms with E-state index < -0.39 is 0 Å². The molecule has 2 aromatic rings. The Morgan fingerprint density at radius 1 is 1.32 bits per heavy atom. The molecule has 0 bridgehead atoms. The minimum atomic E-state index is -0.0971. The van der Waals surface area contributed by atoms with Crippen molar-refractivity contribution in [2.24, 2.45) is 0 Å². The molecule has 4 rings (SSSR count). The molecule has 0 unspecified atom stereocenters. The summed E-state index contributed by atoms with van der Waals surface area (Å²) in [6.07, 6.45) is 6.95. The van der Waals surface area contributed by atoms with Gasteiger partial charge in [-0.15, -0.1) is 0 Å². The van der Waals surface area contributed by atoms with Crippen molar-refractivity contribution < 1.29 is 4.79 Å². The van der Waals surface area contributed by atoms with Gasteiger partial charge in [0.15, 0.2) is 0 Å². The smallest absolute Gasteiger partial charge is 0.271 e. The molecule has 1 amide bonds. The quantitative estimate of drug-likeness (QED) is 0.846. The first-order valence-electron chi connectivity index (χ1n) is 8.51. The lowest BCUT2D eigenvalue weighted by atomic mass is 10.0. The Morgan fingerprint density at radius 2 is 2.12 bits per heavy atom. The van der Waals surface area contributed by atoms with E-state index in [1.54, 1.807) is 17.3 Å². The van der Waals surface area contributed by atoms with E-state index in [0.29, 0.717) is 24.8 Å². The van der Waals surface area contributed by atoms with E-state index in [1.807, 2.05) is 24.3 Å². The number of carbonyl (C=O) groups is 1. The maximum Gasteiger partial charge on any atom is 0.271 e. The van der Waals surface area contributed by atoms with Crippen LogP contribution in [-0.4, -0.2) is 45.9 Å². The lowest BCUT2D eigenvalue weighted by Gasteiger charge is -2.46. The summed E-state index contributed by atoms with van der Waals surface area (Å²) in [6.45, 7) is 4.80. The predicted octanol–water partition coefficient (Wildman–Crippen LogP) is 1.80. The molecule has 128 valence electrons. The SMILES string of the molecule is C=CC(=O)N1CC(N(c2cc(-c3ccccn3)c[nH]c2=O)C2CC2)C1. The van der Waals surface area contributed by atoms with Crippen molar-refractivity contribution in [1.82, 2.24) is 14.9 Å². The summed E-state index contributed by atoms with van der Waals surface area (Å²) in [4.78, 5) is 35.3. The van der Waals surface area contributed by atoms with Crippen LogP contribution in [0.3, 0.4) is 0 Å². The fourth-order valence-electron chi connectivity index (χ4n) is 3.33. The summed E-state index contributed by atoms with van der Waals surface area (Å²) in [5, 5.41) is 0. The molecule has 1 aliphatic heterocycles. The third-order valence-corrected chi connectivity index (χ3v) is 4.80. The lowest BCUT2D eigenvalue weighted by Crippen LogP contribution is -2.62. The number of rotatable bonds is 5. The number of aromatic amines is 1. The van der Waals surface area contributed by atoms with Crippen LogP contribution in [0.5, 0.6) is 0 Å². The first-order chi connectivity index (χ1) is 12.2. The molecule has 1 saturated heterocycles. The van der Waals surface area contributed by atoms with Crippen molar-refractivity contribution in [1.29, 1.82) is 0 Å². The Kier molecular flexibility index (Phi) is 3.87. The molecule has 0 spiro atoms. The number of carbonyl (C=O) groups excluding carboxylic acids is 1. The Balaban J connectivity index is 1.63. The van der Waals surface area contributed by atoms with E-state index in [1.165, 1.54) is 6.08 Å². The van der Waals surface area contributed by atoms with Crippen LogP contribution in [0.15, 0.2) is 54.1 Å². The molecule has 6 nitrogen and oxygen atoms in total. The van der Waals surface area contributed by atoms with Crippen LogP contribution in [0, 0.1) is 0 Å². The Labute approximate surface area is 145 Å². The van der Waals surface area contributed by atoms with E-state index in [9.17, 15) is 9.59 Å². The maximum atomic E-state index is 12.5. The third-order valence-electron chi connectivity index (χ3n) is 4.80. The Hall–Kier alpha value is -2.89. The number of pyridine rings is 2. The Bertz CT molecular complexity index is 851. The van der Waals surface area contributed by atoms with E-state index in [4.69, 9.17) is 0 Å². The molecule has 0 atom stereocenters. The van der Waals surface area contributed by atoms with Crippen molar-refractivity contribution in [2.45, 2.75) is 24.9 Å². The normalized spacial score (nSPS) is 17.0. The molecule has 25 heavy (non-hydrogen) atoms. The molecule has 2 aromatic heterocycles. The van der Waals surface area contributed by atoms with Gasteiger partial charge >= 0.3 is 0 Å². The zero-order valence-corrected chi connectivity index (χ0v) is 13.9. The minimum Gasteiger partial charge on any atom is -0.358 e. The Morgan fingerprint density at radius 3 is 2.76 bits per heavy atom. The summed E-state index contributed by atoms with van der Waals surface area (Å²) in [5.74, 6) is -0.0526. The molecule has 2 fully saturated rings. The van der Waals surface area contributed by atoms with Crippen molar-refractivity contribution in [3.63, 3.8) is 0 Å². The molecule has 0 radical (unpaired) electrons. The molecule has 6 heteroatoms. The minimum absolute atomic E-state index is 0.0526. The van der Waals surface area contributed by atoms with Crippen molar-refractivity contribution in [3.05, 3.63) is 59.7 Å². The van der Waals surface area contributed by atoms with E-state index in [0.717, 1.165) is 24.1 Å². The fraction of sp³-hybridized carbons (Fsp3) is 0.316. The third kappa shape index (κ3) is 2.95. The van der Waals surface area contributed by atoms with Gasteiger partial charge in [0.25, 0.3) is 5.56 Å². The summed E-state index contributed by atoms with van der Waals surface area (Å²) in [5.41, 5.74) is 2.29. The number of likely N-dealkylation sites (tertiary alicyclic amines) is 1. The lowest BCUT2D eigenvalue weighted by molar-refractivity contribution is -0.130. The number of H-pyrrole nitrogens is 1. The van der Waals surface area contributed by atoms with Crippen LogP contribution in [0.4, 0.5) is 5.69 Å². The first-order valence-corrected chi connectivity index (χ1v) is 8.51. The average molecular weight is 336 g/mol. The zero-order valence-electron chi connectivity index (χ0n) is 13.9. The first kappa shape index (κ1) is 15.6. The second-order valence-electron chi connectivity index (χ2n) is 6.56. The summed E-state index contributed by atoms with van der Waals surface area (Å²) >= 11 is 0. The molecule has 2 aliphatic rings. The second kappa shape index (κ2) is 6.20. The van der Waals surface area contributed by atoms with Gasteiger partial charge in [-0.2, -0.15) is 0 Å². The van der Waals surface area contributed by atoms with Gasteiger partial charge < -0.3 is 14.8 Å². The van der Waals surface area contributed by atoms with Crippen molar-refractivity contribution in [3.8, 4) is 11.3 Å². The molecular formula is C19H20N4O2. The highest BCUT2D eigenvalue weighted by Crippen LogP contribution is 2.35. The highest BCUT2D eigenvalue weighted by molar-refractivity contribution is 5.88. The molecule has 0 aromatic carbocycles. The highest BCUT2D eigenvalue weighted by atomic mass is 16.2. The topological polar surface area (TPSA) is 69.3 Å². The van der Waals surface area contributed by atoms with Crippen LogP contribution >= 0.6 is 0 Å². The average Bonchev–Trinajstić information content (AvgIpc) is 3.43. The van der Waals surface area contributed by atoms with E-state index in [-0.39, 0.29) is 17.5 Å². The van der Waals surface area contributed by atoms with Gasteiger partial charge in [0.1, 0.15) is 5.69 Å². The number of anilines is 1. The molecule has 1 N–H and O–H groups in total. The summed E-state index contributed by atoms with van der Waals surface area (Å²) < 4.78 is 0. The van der Waals surface area contributed by atoms with Gasteiger partial charge in [-0.25, -0.2) is 0 Å². The van der Waals surface area contributed by atoms with Gasteiger partial charge in [0.05, 0.1) is 11.7 Å². The van der Waals surface area contributed by atoms with Crippen molar-refractivity contribution in [2.75, 3.05) is 18.0 Å². The summed E-state index contributed by atoms with van der Waals surface area (Å²) in [7, 11) is 0. The summed E-state index contributed by atoms with van der Waals surface area (Å²) in [6, 6.07) is 8.19. The fourth-order valence-corrected chi connectivity index (χ4v) is 3.33. The number of nitrogens with one attached hydrogen (secondary N) is 1. The highest BCUT2D eigenvalue weighted by Gasteiger charge is 2.41. The monoisotopic (exact) mass is 336 g/mol. The van der Waals surface area contributed by atoms with E-state index >= 15 is 0 Å². The van der Waals surface area contributed by atoms with Gasteiger partial charge in [-0.3, -0.25) is 14.6 Å². The number of amides is 1. The van der Waals surface area contributed by atoms with Crippen LogP contribution < -0.4 is 10.5 Å². The zero-order chi connectivity index (χ0) is 17.4. The van der Waals surface area contributed by atoms with Gasteiger partial charge in [-0.05, 0) is 37.1 Å². The maximum absolute atomic E-state index is 12.5. The van der Waals surface area contributed by atoms with Crippen LogP contribution in [0.25, 0.3) is 11.3 Å². The number of hydrogen-bond donors (Lipinski definition) is 1. The number of aromatic nitrogens is 2. The van der Waals surface area contributed by atoms with Crippen LogP contribution in [0.2, 0.25) is 0 Å². The van der Waals surface area contributed by atoms with Crippen LogP contribution in [-0.2, 0) is 4.79 Å². The largest absolute Gasteiger partial charge is 0.358 e. The van der Waals surface area contributed by atoms with Gasteiger partial charge in [-0.1, -0.05) is 12.6 Å². The van der Waals surface area contributed by atoms with Gasteiger partial charge in [0.2, 0.25) is 5.91 Å².